The summed E-state index contributed by atoms with van der Waals surface area (Å²) in [6, 6.07) is 5.10. The van der Waals surface area contributed by atoms with Gasteiger partial charge in [0.1, 0.15) is 0 Å². The van der Waals surface area contributed by atoms with Gasteiger partial charge in [-0.15, -0.1) is 0 Å². The SMILES string of the molecule is CN1CCN(CCN(CC(=O)O)CC(=O)O)CCN(CCN(CC(=O)O)CC(=O)O)CCN(CC(Cc2ccc([N+](=O)[O-])cc2)N(CC(=O)O)CC(=O)O)CC1. The number of non-ortho nitro benzene ring substituents is 1. The quantitative estimate of drug-likeness (QED) is 0.0477. The highest BCUT2D eigenvalue weighted by Crippen LogP contribution is 2.17. The monoisotopic (exact) mass is 798 g/mol. The van der Waals surface area contributed by atoms with Crippen molar-refractivity contribution < 1.29 is 64.3 Å². The molecule has 1 aromatic rings. The minimum absolute atomic E-state index is 0.0973. The molecule has 0 amide bonds. The van der Waals surface area contributed by atoms with Crippen LogP contribution in [0.3, 0.4) is 0 Å². The lowest BCUT2D eigenvalue weighted by Gasteiger charge is -2.37. The van der Waals surface area contributed by atoms with Crippen LogP contribution < -0.4 is 0 Å². The number of hydrogen-bond acceptors (Lipinski definition) is 15. The number of nitro benzene ring substituents is 1. The molecule has 2 rings (SSSR count). The van der Waals surface area contributed by atoms with E-state index in [1.54, 1.807) is 12.1 Å². The number of likely N-dealkylation sites (N-methyl/N-ethyl adjacent to an activating group) is 1. The molecule has 1 fully saturated rings. The number of nitro groups is 1. The van der Waals surface area contributed by atoms with Crippen LogP contribution >= 0.6 is 0 Å². The van der Waals surface area contributed by atoms with E-state index in [2.05, 4.69) is 14.7 Å². The third kappa shape index (κ3) is 20.2. The molecule has 22 heteroatoms. The minimum atomic E-state index is -1.23. The Morgan fingerprint density at radius 2 is 0.964 bits per heavy atom. The Morgan fingerprint density at radius 1 is 0.607 bits per heavy atom. The molecule has 1 saturated heterocycles. The van der Waals surface area contributed by atoms with Crippen LogP contribution in [0.15, 0.2) is 24.3 Å². The Bertz CT molecular complexity index is 1420. The molecule has 0 aromatic heterocycles. The van der Waals surface area contributed by atoms with Gasteiger partial charge >= 0.3 is 35.8 Å². The summed E-state index contributed by atoms with van der Waals surface area (Å²) >= 11 is 0. The van der Waals surface area contributed by atoms with Crippen LogP contribution in [0.25, 0.3) is 0 Å². The highest BCUT2D eigenvalue weighted by Gasteiger charge is 2.27. The standard InChI is InChI=1S/C34H54N8O14/c1-35-6-8-36(13-16-39(20-29(43)44)21-30(45)46)10-11-37(14-17-40(22-31(47)48)23-32(49)50)12-15-38(9-7-35)19-28(41(24-33(51)52)25-34(53)54)18-26-2-4-27(5-3-26)42(55)56/h2-5,28H,6-25H2,1H3,(H,43,44)(H,45,46)(H,47,48)(H,49,50)(H,51,52)(H,53,54). The topological polar surface area (TPSA) is 290 Å². The first-order valence-corrected chi connectivity index (χ1v) is 18.0. The largest absolute Gasteiger partial charge is 0.480 e. The summed E-state index contributed by atoms with van der Waals surface area (Å²) in [5.41, 5.74) is 0.503. The predicted molar refractivity (Wildman–Crippen MR) is 198 cm³/mol. The Balaban J connectivity index is 2.40. The zero-order valence-corrected chi connectivity index (χ0v) is 31.6. The highest BCUT2D eigenvalue weighted by molar-refractivity contribution is 5.73. The van der Waals surface area contributed by atoms with E-state index < -0.39 is 86.0 Å². The van der Waals surface area contributed by atoms with Gasteiger partial charge in [-0.05, 0) is 19.0 Å². The molecular weight excluding hydrogens is 744 g/mol. The van der Waals surface area contributed by atoms with Crippen molar-refractivity contribution in [2.24, 2.45) is 0 Å². The van der Waals surface area contributed by atoms with Crippen LogP contribution in [0.5, 0.6) is 0 Å². The van der Waals surface area contributed by atoms with Crippen LogP contribution in [0.1, 0.15) is 5.56 Å². The van der Waals surface area contributed by atoms with Gasteiger partial charge in [-0.1, -0.05) is 12.1 Å². The third-order valence-electron chi connectivity index (χ3n) is 9.24. The van der Waals surface area contributed by atoms with Crippen LogP contribution in [0.4, 0.5) is 5.69 Å². The van der Waals surface area contributed by atoms with Gasteiger partial charge in [-0.3, -0.25) is 68.3 Å². The van der Waals surface area contributed by atoms with Crippen molar-refractivity contribution in [3.63, 3.8) is 0 Å². The van der Waals surface area contributed by atoms with Crippen molar-refractivity contribution >= 4 is 41.5 Å². The van der Waals surface area contributed by atoms with E-state index in [0.717, 1.165) is 0 Å². The van der Waals surface area contributed by atoms with Gasteiger partial charge in [-0.25, -0.2) is 0 Å². The maximum Gasteiger partial charge on any atom is 0.317 e. The van der Waals surface area contributed by atoms with Crippen molar-refractivity contribution in [2.45, 2.75) is 12.5 Å². The van der Waals surface area contributed by atoms with E-state index in [1.165, 1.54) is 26.8 Å². The van der Waals surface area contributed by atoms with Gasteiger partial charge in [0.15, 0.2) is 0 Å². The number of carbonyl (C=O) groups is 6. The van der Waals surface area contributed by atoms with Crippen LogP contribution in [0.2, 0.25) is 0 Å². The zero-order chi connectivity index (χ0) is 41.8. The Kier molecular flexibility index (Phi) is 20.8. The highest BCUT2D eigenvalue weighted by atomic mass is 16.6. The number of carboxylic acids is 6. The summed E-state index contributed by atoms with van der Waals surface area (Å²) in [7, 11) is 1.91. The lowest BCUT2D eigenvalue weighted by Crippen LogP contribution is -2.52. The molecule has 1 heterocycles. The van der Waals surface area contributed by atoms with Crippen molar-refractivity contribution in [3.05, 3.63) is 39.9 Å². The van der Waals surface area contributed by atoms with Gasteiger partial charge < -0.3 is 35.5 Å². The maximum atomic E-state index is 11.9. The summed E-state index contributed by atoms with van der Waals surface area (Å²) in [5, 5.41) is 68.0. The number of nitrogens with zero attached hydrogens (tertiary/aromatic N) is 8. The lowest BCUT2D eigenvalue weighted by molar-refractivity contribution is -0.384. The predicted octanol–water partition coefficient (Wildman–Crippen LogP) is -2.23. The van der Waals surface area contributed by atoms with Crippen molar-refractivity contribution in [3.8, 4) is 0 Å². The van der Waals surface area contributed by atoms with Gasteiger partial charge in [0, 0.05) is 103 Å². The zero-order valence-electron chi connectivity index (χ0n) is 31.6. The fourth-order valence-electron chi connectivity index (χ4n) is 6.32. The minimum Gasteiger partial charge on any atom is -0.480 e. The van der Waals surface area contributed by atoms with Crippen molar-refractivity contribution in [1.82, 2.24) is 34.3 Å². The number of carboxylic acid groups (broad SMARTS) is 6. The Labute approximate surface area is 323 Å². The molecule has 1 aliphatic rings. The molecular formula is C34H54N8O14. The van der Waals surface area contributed by atoms with E-state index in [1.807, 2.05) is 11.9 Å². The first kappa shape index (κ1) is 47.3. The second kappa shape index (κ2) is 24.6. The summed E-state index contributed by atoms with van der Waals surface area (Å²) in [5.74, 6) is -7.17. The van der Waals surface area contributed by atoms with Gasteiger partial charge in [0.25, 0.3) is 5.69 Å². The Hall–Kier alpha value is -4.84. The molecule has 0 spiro atoms. The molecule has 56 heavy (non-hydrogen) atoms. The van der Waals surface area contributed by atoms with Crippen LogP contribution in [0, 0.1) is 10.1 Å². The molecule has 0 saturated carbocycles. The van der Waals surface area contributed by atoms with Crippen LogP contribution in [-0.4, -0.2) is 243 Å². The Morgan fingerprint density at radius 3 is 1.34 bits per heavy atom. The molecule has 1 aromatic carbocycles. The fraction of sp³-hybridized carbons (Fsp3) is 0.647. The molecule has 0 aliphatic carbocycles. The molecule has 22 nitrogen and oxygen atoms in total. The van der Waals surface area contributed by atoms with Crippen LogP contribution in [-0.2, 0) is 35.2 Å². The number of rotatable bonds is 24. The fourth-order valence-corrected chi connectivity index (χ4v) is 6.32. The summed E-state index contributed by atoms with van der Waals surface area (Å²) in [6.45, 7) is 1.79. The smallest absolute Gasteiger partial charge is 0.317 e. The average Bonchev–Trinajstić information content (AvgIpc) is 3.08. The molecule has 1 aliphatic heterocycles. The van der Waals surface area contributed by atoms with Crippen molar-refractivity contribution in [1.29, 1.82) is 0 Å². The van der Waals surface area contributed by atoms with Gasteiger partial charge in [-0.2, -0.15) is 0 Å². The van der Waals surface area contributed by atoms with Gasteiger partial charge in [0.2, 0.25) is 0 Å². The van der Waals surface area contributed by atoms with E-state index in [4.69, 9.17) is 0 Å². The summed E-state index contributed by atoms with van der Waals surface area (Å²) in [4.78, 5) is 92.4. The molecule has 0 radical (unpaired) electrons. The van der Waals surface area contributed by atoms with E-state index >= 15 is 0 Å². The van der Waals surface area contributed by atoms with Gasteiger partial charge in [0.05, 0.1) is 44.2 Å². The summed E-state index contributed by atoms with van der Waals surface area (Å²) in [6.07, 6.45) is 0.184. The first-order chi connectivity index (χ1) is 26.4. The lowest BCUT2D eigenvalue weighted by atomic mass is 10.0. The van der Waals surface area contributed by atoms with E-state index in [0.29, 0.717) is 64.5 Å². The molecule has 6 N–H and O–H groups in total. The maximum absolute atomic E-state index is 11.9. The molecule has 1 unspecified atom stereocenters. The average molecular weight is 799 g/mol. The number of aliphatic carboxylic acids is 6. The second-order valence-corrected chi connectivity index (χ2v) is 13.8. The molecule has 1 atom stereocenters. The van der Waals surface area contributed by atoms with Crippen molar-refractivity contribution in [2.75, 3.05) is 131 Å². The van der Waals surface area contributed by atoms with E-state index in [-0.39, 0.29) is 38.3 Å². The number of hydrogen-bond donors (Lipinski definition) is 6. The normalized spacial score (nSPS) is 16.3. The summed E-state index contributed by atoms with van der Waals surface area (Å²) < 4.78 is 0. The molecule has 314 valence electrons. The first-order valence-electron chi connectivity index (χ1n) is 18.0. The number of benzene rings is 1. The van der Waals surface area contributed by atoms with E-state index in [9.17, 15) is 69.5 Å². The third-order valence-corrected chi connectivity index (χ3v) is 9.24. The molecule has 0 bridgehead atoms. The second-order valence-electron chi connectivity index (χ2n) is 13.8.